The van der Waals surface area contributed by atoms with Gasteiger partial charge in [-0.25, -0.2) is 13.4 Å². The van der Waals surface area contributed by atoms with Gasteiger partial charge in [0.1, 0.15) is 0 Å². The van der Waals surface area contributed by atoms with Crippen molar-refractivity contribution in [2.45, 2.75) is 5.75 Å². The van der Waals surface area contributed by atoms with Crippen LogP contribution in [0, 0.1) is 0 Å². The largest absolute Gasteiger partial charge is 0.334 e. The monoisotopic (exact) mass is 349 g/mol. The van der Waals surface area contributed by atoms with Gasteiger partial charge in [0, 0.05) is 19.1 Å². The zero-order valence-corrected chi connectivity index (χ0v) is 14.3. The van der Waals surface area contributed by atoms with Crippen LogP contribution < -0.4 is 4.31 Å². The summed E-state index contributed by atoms with van der Waals surface area (Å²) in [5.41, 5.74) is 2.86. The van der Waals surface area contributed by atoms with E-state index < -0.39 is 10.0 Å². The topological polar surface area (TPSA) is 55.2 Å². The molecule has 1 heterocycles. The average Bonchev–Trinajstić information content (AvgIpc) is 2.89. The Hall–Kier alpha value is -2.05. The minimum Gasteiger partial charge on any atom is -0.334 e. The van der Waals surface area contributed by atoms with Crippen LogP contribution in [0.25, 0.3) is 11.0 Å². The molecule has 3 rings (SSSR count). The lowest BCUT2D eigenvalue weighted by molar-refractivity contribution is 0.593. The summed E-state index contributed by atoms with van der Waals surface area (Å²) in [6.45, 7) is 0. The van der Waals surface area contributed by atoms with Gasteiger partial charge < -0.3 is 4.57 Å². The Morgan fingerprint density at radius 1 is 1.22 bits per heavy atom. The summed E-state index contributed by atoms with van der Waals surface area (Å²) in [7, 11) is -0.103. The molecule has 0 fully saturated rings. The van der Waals surface area contributed by atoms with Crippen molar-refractivity contribution in [3.8, 4) is 0 Å². The number of hydrogen-bond acceptors (Lipinski definition) is 3. The normalized spacial score (nSPS) is 11.8. The Balaban J connectivity index is 1.93. The van der Waals surface area contributed by atoms with Gasteiger partial charge in [0.05, 0.1) is 28.8 Å². The molecule has 0 aliphatic carbocycles. The summed E-state index contributed by atoms with van der Waals surface area (Å²) in [6, 6.07) is 12.3. The summed E-state index contributed by atoms with van der Waals surface area (Å²) in [4.78, 5) is 4.26. The molecule has 0 aliphatic rings. The molecule has 0 unspecified atom stereocenters. The molecule has 0 saturated carbocycles. The number of benzene rings is 2. The Morgan fingerprint density at radius 3 is 2.70 bits per heavy atom. The van der Waals surface area contributed by atoms with Gasteiger partial charge in [-0.15, -0.1) is 0 Å². The smallest absolute Gasteiger partial charge is 0.239 e. The van der Waals surface area contributed by atoms with Crippen molar-refractivity contribution in [3.05, 3.63) is 59.4 Å². The van der Waals surface area contributed by atoms with E-state index in [2.05, 4.69) is 4.98 Å². The molecule has 0 spiro atoms. The first-order chi connectivity index (χ1) is 10.9. The number of rotatable bonds is 4. The van der Waals surface area contributed by atoms with Crippen molar-refractivity contribution in [1.82, 2.24) is 9.55 Å². The van der Waals surface area contributed by atoms with E-state index in [0.717, 1.165) is 11.0 Å². The van der Waals surface area contributed by atoms with Crippen molar-refractivity contribution in [2.24, 2.45) is 7.05 Å². The Bertz CT molecular complexity index is 966. The molecular weight excluding hydrogens is 334 g/mol. The average molecular weight is 350 g/mol. The lowest BCUT2D eigenvalue weighted by atomic mass is 10.2. The lowest BCUT2D eigenvalue weighted by Crippen LogP contribution is -2.27. The number of aryl methyl sites for hydroxylation is 1. The van der Waals surface area contributed by atoms with Gasteiger partial charge in [-0.1, -0.05) is 29.8 Å². The van der Waals surface area contributed by atoms with Crippen LogP contribution in [0.15, 0.2) is 48.8 Å². The van der Waals surface area contributed by atoms with E-state index in [1.54, 1.807) is 42.7 Å². The minimum atomic E-state index is -3.54. The molecule has 0 bridgehead atoms. The third-order valence-electron chi connectivity index (χ3n) is 3.79. The summed E-state index contributed by atoms with van der Waals surface area (Å²) in [5, 5.41) is 0.449. The maximum atomic E-state index is 12.6. The van der Waals surface area contributed by atoms with E-state index in [0.29, 0.717) is 16.3 Å². The number of nitrogens with zero attached hydrogens (tertiary/aromatic N) is 3. The fourth-order valence-corrected chi connectivity index (χ4v) is 3.94. The highest BCUT2D eigenvalue weighted by Gasteiger charge is 2.21. The molecule has 5 nitrogen and oxygen atoms in total. The third kappa shape index (κ3) is 3.04. The predicted molar refractivity (Wildman–Crippen MR) is 93.2 cm³/mol. The third-order valence-corrected chi connectivity index (χ3v) is 5.88. The molecule has 120 valence electrons. The number of hydrogen-bond donors (Lipinski definition) is 0. The molecule has 2 aromatic carbocycles. The second kappa shape index (κ2) is 5.86. The number of aromatic nitrogens is 2. The highest BCUT2D eigenvalue weighted by Crippen LogP contribution is 2.25. The van der Waals surface area contributed by atoms with Gasteiger partial charge in [0.25, 0.3) is 0 Å². The Morgan fingerprint density at radius 2 is 1.96 bits per heavy atom. The SMILES string of the molecule is CN(c1ccc2c(c1)ncn2C)S(=O)(=O)Cc1ccccc1Cl. The first kappa shape index (κ1) is 15.8. The van der Waals surface area contributed by atoms with Crippen LogP contribution >= 0.6 is 11.6 Å². The van der Waals surface area contributed by atoms with Gasteiger partial charge in [-0.3, -0.25) is 4.31 Å². The van der Waals surface area contributed by atoms with Crippen LogP contribution in [0.1, 0.15) is 5.56 Å². The molecule has 23 heavy (non-hydrogen) atoms. The first-order valence-corrected chi connectivity index (χ1v) is 8.98. The van der Waals surface area contributed by atoms with E-state index in [9.17, 15) is 8.42 Å². The zero-order chi connectivity index (χ0) is 16.6. The summed E-state index contributed by atoms with van der Waals surface area (Å²) in [5.74, 6) is -0.149. The predicted octanol–water partition coefficient (Wildman–Crippen LogP) is 3.19. The molecule has 0 N–H and O–H groups in total. The van der Waals surface area contributed by atoms with Gasteiger partial charge >= 0.3 is 0 Å². The zero-order valence-electron chi connectivity index (χ0n) is 12.8. The van der Waals surface area contributed by atoms with Crippen LogP contribution in [0.2, 0.25) is 5.02 Å². The second-order valence-electron chi connectivity index (χ2n) is 5.34. The van der Waals surface area contributed by atoms with Crippen molar-refractivity contribution in [2.75, 3.05) is 11.4 Å². The Kier molecular flexibility index (Phi) is 4.04. The number of imidazole rings is 1. The van der Waals surface area contributed by atoms with Crippen LogP contribution in [0.3, 0.4) is 0 Å². The molecule has 3 aromatic rings. The standard InChI is InChI=1S/C16H16ClN3O2S/c1-19-11-18-15-9-13(7-8-16(15)19)20(2)23(21,22)10-12-5-3-4-6-14(12)17/h3-9,11H,10H2,1-2H3. The highest BCUT2D eigenvalue weighted by molar-refractivity contribution is 7.92. The number of anilines is 1. The van der Waals surface area contributed by atoms with Crippen molar-refractivity contribution >= 4 is 38.3 Å². The second-order valence-corrected chi connectivity index (χ2v) is 7.75. The van der Waals surface area contributed by atoms with E-state index in [4.69, 9.17) is 11.6 Å². The van der Waals surface area contributed by atoms with Crippen LogP contribution in [-0.4, -0.2) is 25.0 Å². The summed E-state index contributed by atoms with van der Waals surface area (Å²) < 4.78 is 28.4. The van der Waals surface area contributed by atoms with Gasteiger partial charge in [0.15, 0.2) is 0 Å². The molecule has 0 atom stereocenters. The van der Waals surface area contributed by atoms with Gasteiger partial charge in [-0.05, 0) is 29.8 Å². The Labute approximate surface area is 140 Å². The van der Waals surface area contributed by atoms with E-state index in [-0.39, 0.29) is 5.75 Å². The molecular formula is C16H16ClN3O2S. The summed E-state index contributed by atoms with van der Waals surface area (Å²) >= 11 is 6.07. The lowest BCUT2D eigenvalue weighted by Gasteiger charge is -2.20. The van der Waals surface area contributed by atoms with Crippen molar-refractivity contribution < 1.29 is 8.42 Å². The first-order valence-electron chi connectivity index (χ1n) is 6.99. The number of fused-ring (bicyclic) bond motifs is 1. The van der Waals surface area contributed by atoms with Gasteiger partial charge in [0.2, 0.25) is 10.0 Å². The number of halogens is 1. The molecule has 1 aromatic heterocycles. The van der Waals surface area contributed by atoms with Crippen LogP contribution in [0.4, 0.5) is 5.69 Å². The van der Waals surface area contributed by atoms with Crippen molar-refractivity contribution in [1.29, 1.82) is 0 Å². The van der Waals surface area contributed by atoms with E-state index in [1.165, 1.54) is 11.4 Å². The fraction of sp³-hybridized carbons (Fsp3) is 0.188. The fourth-order valence-electron chi connectivity index (χ4n) is 2.39. The maximum Gasteiger partial charge on any atom is 0.239 e. The summed E-state index contributed by atoms with van der Waals surface area (Å²) in [6.07, 6.45) is 1.70. The highest BCUT2D eigenvalue weighted by atomic mass is 35.5. The molecule has 7 heteroatoms. The van der Waals surface area contributed by atoms with E-state index >= 15 is 0 Å². The van der Waals surface area contributed by atoms with Crippen LogP contribution in [-0.2, 0) is 22.8 Å². The van der Waals surface area contributed by atoms with Gasteiger partial charge in [-0.2, -0.15) is 0 Å². The number of sulfonamides is 1. The molecule has 0 saturated heterocycles. The van der Waals surface area contributed by atoms with Crippen LogP contribution in [0.5, 0.6) is 0 Å². The maximum absolute atomic E-state index is 12.6. The minimum absolute atomic E-state index is 0.149. The molecule has 0 aliphatic heterocycles. The molecule has 0 amide bonds. The van der Waals surface area contributed by atoms with Crippen molar-refractivity contribution in [3.63, 3.8) is 0 Å². The quantitative estimate of drug-likeness (QED) is 0.726. The molecule has 0 radical (unpaired) electrons. The van der Waals surface area contributed by atoms with E-state index in [1.807, 2.05) is 17.7 Å².